The molecule has 22 heavy (non-hydrogen) atoms. The lowest BCUT2D eigenvalue weighted by Crippen LogP contribution is -2.32. The summed E-state index contributed by atoms with van der Waals surface area (Å²) in [5.41, 5.74) is 2.66. The van der Waals surface area contributed by atoms with Crippen molar-refractivity contribution in [3.8, 4) is 11.5 Å². The first-order chi connectivity index (χ1) is 10.9. The number of anilines is 1. The number of nitrogens with one attached hydrogen (secondary N) is 1. The molecule has 0 amide bonds. The largest absolute Gasteiger partial charge is 0.497 e. The summed E-state index contributed by atoms with van der Waals surface area (Å²) in [5, 5.41) is 3.46. The van der Waals surface area contributed by atoms with E-state index in [-0.39, 0.29) is 0 Å². The summed E-state index contributed by atoms with van der Waals surface area (Å²) in [6.07, 6.45) is 0. The second-order valence-electron chi connectivity index (χ2n) is 5.32. The highest BCUT2D eigenvalue weighted by Gasteiger charge is 2.13. The van der Waals surface area contributed by atoms with Crippen LogP contribution in [-0.2, 0) is 6.54 Å². The fourth-order valence-electron chi connectivity index (χ4n) is 2.70. The van der Waals surface area contributed by atoms with Crippen molar-refractivity contribution in [2.24, 2.45) is 0 Å². The Morgan fingerprint density at radius 3 is 2.64 bits per heavy atom. The molecule has 0 aromatic heterocycles. The second kappa shape index (κ2) is 7.18. The van der Waals surface area contributed by atoms with Crippen LogP contribution in [0.5, 0.6) is 11.5 Å². The molecular formula is C18H22N2O2. The maximum absolute atomic E-state index is 5.85. The van der Waals surface area contributed by atoms with E-state index in [0.29, 0.717) is 6.61 Å². The number of hydrogen-bond donors (Lipinski definition) is 1. The number of para-hydroxylation sites is 1. The number of benzene rings is 2. The first kappa shape index (κ1) is 14.7. The summed E-state index contributed by atoms with van der Waals surface area (Å²) in [6, 6.07) is 16.3. The van der Waals surface area contributed by atoms with E-state index in [1.54, 1.807) is 7.11 Å². The molecule has 0 saturated heterocycles. The molecule has 1 heterocycles. The number of fused-ring (bicyclic) bond motifs is 1. The van der Waals surface area contributed by atoms with E-state index in [0.717, 1.165) is 37.7 Å². The molecule has 1 N–H and O–H groups in total. The molecule has 0 radical (unpaired) electrons. The lowest BCUT2D eigenvalue weighted by atomic mass is 10.1. The third-order valence-corrected chi connectivity index (χ3v) is 3.90. The van der Waals surface area contributed by atoms with Crippen LogP contribution >= 0.6 is 0 Å². The van der Waals surface area contributed by atoms with Crippen molar-refractivity contribution in [3.05, 3.63) is 54.1 Å². The van der Waals surface area contributed by atoms with Gasteiger partial charge in [0.15, 0.2) is 0 Å². The van der Waals surface area contributed by atoms with Gasteiger partial charge in [0.05, 0.1) is 13.7 Å². The lowest BCUT2D eigenvalue weighted by molar-refractivity contribution is 0.323. The highest BCUT2D eigenvalue weighted by atomic mass is 16.5. The maximum Gasteiger partial charge on any atom is 0.119 e. The Bertz CT molecular complexity index is 598. The van der Waals surface area contributed by atoms with E-state index in [2.05, 4.69) is 34.5 Å². The van der Waals surface area contributed by atoms with Crippen LogP contribution in [0.2, 0.25) is 0 Å². The fourth-order valence-corrected chi connectivity index (χ4v) is 2.70. The number of hydrogen-bond acceptors (Lipinski definition) is 4. The maximum atomic E-state index is 5.85. The van der Waals surface area contributed by atoms with Crippen molar-refractivity contribution in [1.29, 1.82) is 0 Å². The van der Waals surface area contributed by atoms with E-state index in [4.69, 9.17) is 9.47 Å². The highest BCUT2D eigenvalue weighted by Crippen LogP contribution is 2.22. The SMILES string of the molecule is COc1ccc(OCCN2CCNCc3ccccc32)cc1. The van der Waals surface area contributed by atoms with Gasteiger partial charge in [0, 0.05) is 25.3 Å². The van der Waals surface area contributed by atoms with Gasteiger partial charge in [-0.05, 0) is 35.9 Å². The molecule has 0 spiro atoms. The van der Waals surface area contributed by atoms with Gasteiger partial charge in [-0.2, -0.15) is 0 Å². The predicted molar refractivity (Wildman–Crippen MR) is 88.9 cm³/mol. The van der Waals surface area contributed by atoms with E-state index in [1.165, 1.54) is 11.3 Å². The Kier molecular flexibility index (Phi) is 4.81. The molecule has 1 aliphatic heterocycles. The summed E-state index contributed by atoms with van der Waals surface area (Å²) in [6.45, 7) is 4.48. The van der Waals surface area contributed by atoms with Gasteiger partial charge in [0.1, 0.15) is 18.1 Å². The first-order valence-corrected chi connectivity index (χ1v) is 7.67. The monoisotopic (exact) mass is 298 g/mol. The zero-order valence-electron chi connectivity index (χ0n) is 12.9. The van der Waals surface area contributed by atoms with Gasteiger partial charge in [-0.1, -0.05) is 18.2 Å². The smallest absolute Gasteiger partial charge is 0.119 e. The van der Waals surface area contributed by atoms with Gasteiger partial charge in [-0.3, -0.25) is 0 Å². The van der Waals surface area contributed by atoms with Crippen LogP contribution in [0.25, 0.3) is 0 Å². The minimum atomic E-state index is 0.667. The molecule has 0 fully saturated rings. The van der Waals surface area contributed by atoms with Crippen LogP contribution in [-0.4, -0.2) is 33.4 Å². The third kappa shape index (κ3) is 3.52. The summed E-state index contributed by atoms with van der Waals surface area (Å²) >= 11 is 0. The molecular weight excluding hydrogens is 276 g/mol. The van der Waals surface area contributed by atoms with Gasteiger partial charge < -0.3 is 19.7 Å². The molecule has 3 rings (SSSR count). The number of nitrogens with zero attached hydrogens (tertiary/aromatic N) is 1. The summed E-state index contributed by atoms with van der Waals surface area (Å²) in [5.74, 6) is 1.72. The van der Waals surface area contributed by atoms with E-state index < -0.39 is 0 Å². The molecule has 1 aliphatic rings. The molecule has 0 saturated carbocycles. The van der Waals surface area contributed by atoms with Crippen LogP contribution in [0.15, 0.2) is 48.5 Å². The zero-order chi connectivity index (χ0) is 15.2. The second-order valence-corrected chi connectivity index (χ2v) is 5.32. The predicted octanol–water partition coefficient (Wildman–Crippen LogP) is 2.68. The van der Waals surface area contributed by atoms with Crippen LogP contribution in [0, 0.1) is 0 Å². The van der Waals surface area contributed by atoms with E-state index >= 15 is 0 Å². The van der Waals surface area contributed by atoms with E-state index in [9.17, 15) is 0 Å². The van der Waals surface area contributed by atoms with Gasteiger partial charge in [0.2, 0.25) is 0 Å². The van der Waals surface area contributed by atoms with Gasteiger partial charge in [-0.25, -0.2) is 0 Å². The Hall–Kier alpha value is -2.20. The zero-order valence-corrected chi connectivity index (χ0v) is 12.9. The topological polar surface area (TPSA) is 33.7 Å². The molecule has 0 bridgehead atoms. The van der Waals surface area contributed by atoms with Crippen molar-refractivity contribution < 1.29 is 9.47 Å². The minimum absolute atomic E-state index is 0.667. The van der Waals surface area contributed by atoms with Gasteiger partial charge in [-0.15, -0.1) is 0 Å². The summed E-state index contributed by atoms with van der Waals surface area (Å²) < 4.78 is 11.0. The molecule has 0 aliphatic carbocycles. The standard InChI is InChI=1S/C18H22N2O2/c1-21-16-6-8-17(9-7-16)22-13-12-20-11-10-19-14-15-4-2-3-5-18(15)20/h2-9,19H,10-14H2,1H3. The van der Waals surface area contributed by atoms with Crippen LogP contribution in [0.3, 0.4) is 0 Å². The molecule has 2 aromatic carbocycles. The van der Waals surface area contributed by atoms with Crippen molar-refractivity contribution in [2.75, 3.05) is 38.3 Å². The van der Waals surface area contributed by atoms with Crippen LogP contribution < -0.4 is 19.7 Å². The Morgan fingerprint density at radius 1 is 1.05 bits per heavy atom. The number of methoxy groups -OCH3 is 1. The molecule has 116 valence electrons. The fraction of sp³-hybridized carbons (Fsp3) is 0.333. The number of ether oxygens (including phenoxy) is 2. The number of rotatable bonds is 5. The molecule has 2 aromatic rings. The summed E-state index contributed by atoms with van der Waals surface area (Å²) in [7, 11) is 1.67. The minimum Gasteiger partial charge on any atom is -0.497 e. The van der Waals surface area contributed by atoms with Crippen molar-refractivity contribution in [3.63, 3.8) is 0 Å². The van der Waals surface area contributed by atoms with Crippen LogP contribution in [0.1, 0.15) is 5.56 Å². The Morgan fingerprint density at radius 2 is 1.82 bits per heavy atom. The van der Waals surface area contributed by atoms with E-state index in [1.807, 2.05) is 24.3 Å². The summed E-state index contributed by atoms with van der Waals surface area (Å²) in [4.78, 5) is 2.39. The van der Waals surface area contributed by atoms with Crippen molar-refractivity contribution in [2.45, 2.75) is 6.54 Å². The Balaban J connectivity index is 1.59. The molecule has 0 unspecified atom stereocenters. The quantitative estimate of drug-likeness (QED) is 0.920. The molecule has 0 atom stereocenters. The normalized spacial score (nSPS) is 14.1. The average molecular weight is 298 g/mol. The van der Waals surface area contributed by atoms with Crippen LogP contribution in [0.4, 0.5) is 5.69 Å². The molecule has 4 nitrogen and oxygen atoms in total. The highest BCUT2D eigenvalue weighted by molar-refractivity contribution is 5.54. The van der Waals surface area contributed by atoms with Crippen molar-refractivity contribution in [1.82, 2.24) is 5.32 Å². The van der Waals surface area contributed by atoms with Gasteiger partial charge >= 0.3 is 0 Å². The average Bonchev–Trinajstić information content (AvgIpc) is 2.78. The first-order valence-electron chi connectivity index (χ1n) is 7.67. The Labute approximate surface area is 131 Å². The van der Waals surface area contributed by atoms with Gasteiger partial charge in [0.25, 0.3) is 0 Å². The third-order valence-electron chi connectivity index (χ3n) is 3.90. The lowest BCUT2D eigenvalue weighted by Gasteiger charge is -2.24. The molecule has 4 heteroatoms. The van der Waals surface area contributed by atoms with Crippen molar-refractivity contribution >= 4 is 5.69 Å².